The maximum absolute atomic E-state index is 12.7. The molecule has 0 aromatic heterocycles. The minimum absolute atomic E-state index is 0.239. The lowest BCUT2D eigenvalue weighted by atomic mass is 10.1. The van der Waals surface area contributed by atoms with Crippen LogP contribution in [0.4, 0.5) is 0 Å². The monoisotopic (exact) mass is 367 g/mol. The van der Waals surface area contributed by atoms with Crippen molar-refractivity contribution in [3.8, 4) is 0 Å². The second-order valence-electron chi connectivity index (χ2n) is 5.74. The van der Waals surface area contributed by atoms with Crippen LogP contribution < -0.4 is 4.72 Å². The standard InChI is InChI=1S/C17H18ClNO2S2/c1-11-3-5-14(9-12(11)2)23(20,21)19-16-7-8-22-17-6-4-13(18)10-15(16)17/h3-6,9-10,16,19H,7-8H2,1-2H3/t16-/m1/s1. The molecule has 1 N–H and O–H groups in total. The molecule has 23 heavy (non-hydrogen) atoms. The van der Waals surface area contributed by atoms with Crippen LogP contribution >= 0.6 is 23.4 Å². The van der Waals surface area contributed by atoms with Crippen LogP contribution in [0.15, 0.2) is 46.2 Å². The zero-order chi connectivity index (χ0) is 16.6. The Morgan fingerprint density at radius 1 is 1.13 bits per heavy atom. The number of sulfonamides is 1. The highest BCUT2D eigenvalue weighted by molar-refractivity contribution is 7.99. The molecule has 0 fully saturated rings. The smallest absolute Gasteiger partial charge is 0.207 e. The van der Waals surface area contributed by atoms with Gasteiger partial charge in [-0.1, -0.05) is 17.7 Å². The number of aryl methyl sites for hydroxylation is 2. The van der Waals surface area contributed by atoms with Crippen LogP contribution in [0.25, 0.3) is 0 Å². The summed E-state index contributed by atoms with van der Waals surface area (Å²) in [5, 5.41) is 0.627. The van der Waals surface area contributed by atoms with Crippen molar-refractivity contribution in [1.82, 2.24) is 4.72 Å². The van der Waals surface area contributed by atoms with Crippen molar-refractivity contribution in [1.29, 1.82) is 0 Å². The van der Waals surface area contributed by atoms with E-state index in [-0.39, 0.29) is 6.04 Å². The molecule has 0 amide bonds. The quantitative estimate of drug-likeness (QED) is 0.870. The normalized spacial score (nSPS) is 17.8. The van der Waals surface area contributed by atoms with E-state index in [1.165, 1.54) is 0 Å². The molecule has 1 aliphatic heterocycles. The molecule has 2 aromatic rings. The third-order valence-electron chi connectivity index (χ3n) is 4.10. The molecule has 2 aromatic carbocycles. The number of hydrogen-bond acceptors (Lipinski definition) is 3. The van der Waals surface area contributed by atoms with Gasteiger partial charge in [0.25, 0.3) is 0 Å². The van der Waals surface area contributed by atoms with Crippen molar-refractivity contribution < 1.29 is 8.42 Å². The van der Waals surface area contributed by atoms with E-state index >= 15 is 0 Å². The van der Waals surface area contributed by atoms with E-state index in [4.69, 9.17) is 11.6 Å². The van der Waals surface area contributed by atoms with Crippen molar-refractivity contribution in [2.45, 2.75) is 36.1 Å². The first-order valence-electron chi connectivity index (χ1n) is 7.39. The van der Waals surface area contributed by atoms with Crippen molar-refractivity contribution in [3.63, 3.8) is 0 Å². The second-order valence-corrected chi connectivity index (χ2v) is 9.03. The highest BCUT2D eigenvalue weighted by Gasteiger charge is 2.26. The van der Waals surface area contributed by atoms with Gasteiger partial charge in [0.15, 0.2) is 0 Å². The lowest BCUT2D eigenvalue weighted by Crippen LogP contribution is -2.30. The molecule has 3 nitrogen and oxygen atoms in total. The minimum atomic E-state index is -3.56. The van der Waals surface area contributed by atoms with E-state index in [1.54, 1.807) is 23.9 Å². The molecule has 0 bridgehead atoms. The molecule has 0 aliphatic carbocycles. The minimum Gasteiger partial charge on any atom is -0.207 e. The number of nitrogens with one attached hydrogen (secondary N) is 1. The first kappa shape index (κ1) is 16.8. The number of rotatable bonds is 3. The summed E-state index contributed by atoms with van der Waals surface area (Å²) in [5.74, 6) is 0.884. The molecule has 122 valence electrons. The van der Waals surface area contributed by atoms with E-state index in [2.05, 4.69) is 4.72 Å². The lowest BCUT2D eigenvalue weighted by Gasteiger charge is -2.26. The largest absolute Gasteiger partial charge is 0.241 e. The van der Waals surface area contributed by atoms with E-state index in [0.29, 0.717) is 9.92 Å². The van der Waals surface area contributed by atoms with E-state index < -0.39 is 10.0 Å². The fourth-order valence-electron chi connectivity index (χ4n) is 2.62. The Morgan fingerprint density at radius 2 is 1.91 bits per heavy atom. The second kappa shape index (κ2) is 6.48. The van der Waals surface area contributed by atoms with Crippen molar-refractivity contribution in [3.05, 3.63) is 58.1 Å². The Hall–Kier alpha value is -1.01. The third kappa shape index (κ3) is 3.58. The molecule has 0 saturated carbocycles. The molecule has 3 rings (SSSR count). The van der Waals surface area contributed by atoms with Crippen molar-refractivity contribution in [2.24, 2.45) is 0 Å². The Bertz CT molecular complexity index is 850. The fraction of sp³-hybridized carbons (Fsp3) is 0.294. The molecule has 6 heteroatoms. The zero-order valence-electron chi connectivity index (χ0n) is 13.0. The van der Waals surface area contributed by atoms with Crippen molar-refractivity contribution in [2.75, 3.05) is 5.75 Å². The van der Waals surface area contributed by atoms with Gasteiger partial charge in [-0.2, -0.15) is 0 Å². The lowest BCUT2D eigenvalue weighted by molar-refractivity contribution is 0.546. The summed E-state index contributed by atoms with van der Waals surface area (Å²) in [6, 6.07) is 10.6. The summed E-state index contributed by atoms with van der Waals surface area (Å²) in [6.45, 7) is 3.89. The van der Waals surface area contributed by atoms with Gasteiger partial charge in [0.1, 0.15) is 0 Å². The molecule has 0 spiro atoms. The highest BCUT2D eigenvalue weighted by Crippen LogP contribution is 2.38. The molecular formula is C17H18ClNO2S2. The van der Waals surface area contributed by atoms with Gasteiger partial charge in [0.05, 0.1) is 4.90 Å². The summed E-state index contributed by atoms with van der Waals surface area (Å²) in [6.07, 6.45) is 0.752. The Labute approximate surface area is 146 Å². The van der Waals surface area contributed by atoms with Crippen LogP contribution in [0.3, 0.4) is 0 Å². The van der Waals surface area contributed by atoms with E-state index in [1.807, 2.05) is 38.1 Å². The molecule has 0 saturated heterocycles. The maximum atomic E-state index is 12.7. The topological polar surface area (TPSA) is 46.2 Å². The van der Waals surface area contributed by atoms with Gasteiger partial charge in [-0.15, -0.1) is 11.8 Å². The predicted molar refractivity (Wildman–Crippen MR) is 95.8 cm³/mol. The van der Waals surface area contributed by atoms with Gasteiger partial charge in [-0.05, 0) is 73.0 Å². The summed E-state index contributed by atoms with van der Waals surface area (Å²) >= 11 is 7.82. The van der Waals surface area contributed by atoms with Crippen molar-refractivity contribution >= 4 is 33.4 Å². The number of hydrogen-bond donors (Lipinski definition) is 1. The van der Waals surface area contributed by atoms with Crippen LogP contribution in [0.2, 0.25) is 5.02 Å². The zero-order valence-corrected chi connectivity index (χ0v) is 15.4. The Balaban J connectivity index is 1.93. The predicted octanol–water partition coefficient (Wildman–Crippen LogP) is 4.47. The number of thioether (sulfide) groups is 1. The molecular weight excluding hydrogens is 350 g/mol. The highest BCUT2D eigenvalue weighted by atomic mass is 35.5. The van der Waals surface area contributed by atoms with Gasteiger partial charge < -0.3 is 0 Å². The van der Waals surface area contributed by atoms with Crippen LogP contribution in [0.1, 0.15) is 29.2 Å². The molecule has 1 aliphatic rings. The SMILES string of the molecule is Cc1ccc(S(=O)(=O)N[C@@H]2CCSc3ccc(Cl)cc32)cc1C. The fourth-order valence-corrected chi connectivity index (χ4v) is 5.24. The first-order valence-corrected chi connectivity index (χ1v) is 10.2. The number of benzene rings is 2. The first-order chi connectivity index (χ1) is 10.9. The number of fused-ring (bicyclic) bond motifs is 1. The molecule has 1 atom stereocenters. The summed E-state index contributed by atoms with van der Waals surface area (Å²) < 4.78 is 28.3. The Kier molecular flexibility index (Phi) is 4.74. The third-order valence-corrected chi connectivity index (χ3v) is 6.92. The molecule has 0 radical (unpaired) electrons. The van der Waals surface area contributed by atoms with Crippen LogP contribution in [0.5, 0.6) is 0 Å². The van der Waals surface area contributed by atoms with Crippen LogP contribution in [-0.4, -0.2) is 14.2 Å². The number of halogens is 1. The van der Waals surface area contributed by atoms with Gasteiger partial charge in [0, 0.05) is 16.0 Å². The van der Waals surface area contributed by atoms with Crippen LogP contribution in [-0.2, 0) is 10.0 Å². The molecule has 0 unspecified atom stereocenters. The van der Waals surface area contributed by atoms with E-state index in [9.17, 15) is 8.42 Å². The summed E-state index contributed by atoms with van der Waals surface area (Å²) in [4.78, 5) is 1.40. The maximum Gasteiger partial charge on any atom is 0.241 e. The van der Waals surface area contributed by atoms with Gasteiger partial charge in [0.2, 0.25) is 10.0 Å². The van der Waals surface area contributed by atoms with E-state index in [0.717, 1.165) is 33.8 Å². The van der Waals surface area contributed by atoms with Gasteiger partial charge in [-0.3, -0.25) is 0 Å². The average molecular weight is 368 g/mol. The summed E-state index contributed by atoms with van der Waals surface area (Å²) in [7, 11) is -3.56. The van der Waals surface area contributed by atoms with Gasteiger partial charge >= 0.3 is 0 Å². The molecule has 1 heterocycles. The van der Waals surface area contributed by atoms with Gasteiger partial charge in [-0.25, -0.2) is 13.1 Å². The van der Waals surface area contributed by atoms with Crippen LogP contribution in [0, 0.1) is 13.8 Å². The summed E-state index contributed by atoms with van der Waals surface area (Å²) in [5.41, 5.74) is 3.01. The Morgan fingerprint density at radius 3 is 2.65 bits per heavy atom. The average Bonchev–Trinajstić information content (AvgIpc) is 2.50.